The van der Waals surface area contributed by atoms with E-state index in [1.54, 1.807) is 20.8 Å². The number of carboxylic acids is 1. The van der Waals surface area contributed by atoms with E-state index in [2.05, 4.69) is 16.8 Å². The van der Waals surface area contributed by atoms with Gasteiger partial charge >= 0.3 is 12.1 Å². The number of hydrogen-bond donors (Lipinski definition) is 2. The van der Waals surface area contributed by atoms with Crippen LogP contribution in [0.15, 0.2) is 12.7 Å². The van der Waals surface area contributed by atoms with Crippen molar-refractivity contribution in [2.45, 2.75) is 140 Å². The highest BCUT2D eigenvalue weighted by Crippen LogP contribution is 2.34. The zero-order valence-electron chi connectivity index (χ0n) is 20.6. The van der Waals surface area contributed by atoms with Gasteiger partial charge in [-0.1, -0.05) is 44.6 Å². The van der Waals surface area contributed by atoms with E-state index < -0.39 is 23.7 Å². The second-order valence-electron chi connectivity index (χ2n) is 10.7. The molecule has 0 aromatic carbocycles. The van der Waals surface area contributed by atoms with Crippen LogP contribution in [0.2, 0.25) is 0 Å². The molecule has 0 aromatic rings. The van der Waals surface area contributed by atoms with Crippen LogP contribution in [0, 0.1) is 0 Å². The molecule has 6 heteroatoms. The number of amides is 1. The minimum atomic E-state index is -1.000. The number of ether oxygens (including phenoxy) is 1. The van der Waals surface area contributed by atoms with Gasteiger partial charge in [0.05, 0.1) is 0 Å². The zero-order valence-corrected chi connectivity index (χ0v) is 20.6. The van der Waals surface area contributed by atoms with Gasteiger partial charge in [-0.3, -0.25) is 4.90 Å². The largest absolute Gasteiger partial charge is 0.480 e. The molecule has 32 heavy (non-hydrogen) atoms. The van der Waals surface area contributed by atoms with Crippen LogP contribution in [0.3, 0.4) is 0 Å². The van der Waals surface area contributed by atoms with Gasteiger partial charge in [0.1, 0.15) is 11.6 Å². The van der Waals surface area contributed by atoms with E-state index in [4.69, 9.17) is 4.74 Å². The predicted molar refractivity (Wildman–Crippen MR) is 129 cm³/mol. The lowest BCUT2D eigenvalue weighted by atomic mass is 9.85. The summed E-state index contributed by atoms with van der Waals surface area (Å²) in [6, 6.07) is 0.588. The third kappa shape index (κ3) is 9.13. The molecule has 2 rings (SSSR count). The Hall–Kier alpha value is -1.56. The molecule has 2 N–H and O–H groups in total. The van der Waals surface area contributed by atoms with Crippen molar-refractivity contribution in [3.8, 4) is 0 Å². The molecule has 0 spiro atoms. The fraction of sp³-hybridized carbons (Fsp3) is 0.846. The molecule has 2 atom stereocenters. The van der Waals surface area contributed by atoms with Crippen molar-refractivity contribution >= 4 is 12.1 Å². The molecule has 6 nitrogen and oxygen atoms in total. The molecule has 2 fully saturated rings. The van der Waals surface area contributed by atoms with E-state index in [-0.39, 0.29) is 0 Å². The standard InChI is InChI=1S/C26H46N2O4/c1-5-6-13-22(18-19-23(24(29)30)27-25(31)32-26(2,3)4)28(20-14-9-7-10-15-20)21-16-11-8-12-17-21/h5,20-23H,1,6-19H2,2-4H3,(H,27,31)(H,29,30). The molecule has 0 heterocycles. The molecule has 2 saturated carbocycles. The van der Waals surface area contributed by atoms with Crippen molar-refractivity contribution in [2.24, 2.45) is 0 Å². The van der Waals surface area contributed by atoms with Crippen LogP contribution in [-0.2, 0) is 9.53 Å². The molecule has 2 unspecified atom stereocenters. The normalized spacial score (nSPS) is 20.5. The number of nitrogens with one attached hydrogen (secondary N) is 1. The summed E-state index contributed by atoms with van der Waals surface area (Å²) in [6.45, 7) is 9.26. The van der Waals surface area contributed by atoms with Gasteiger partial charge in [-0.2, -0.15) is 0 Å². The first-order valence-electron chi connectivity index (χ1n) is 12.8. The predicted octanol–water partition coefficient (Wildman–Crippen LogP) is 6.05. The van der Waals surface area contributed by atoms with Gasteiger partial charge in [0.15, 0.2) is 0 Å². The van der Waals surface area contributed by atoms with Crippen LogP contribution in [0.5, 0.6) is 0 Å². The summed E-state index contributed by atoms with van der Waals surface area (Å²) >= 11 is 0. The summed E-state index contributed by atoms with van der Waals surface area (Å²) in [5.41, 5.74) is -0.654. The Morgan fingerprint density at radius 3 is 1.97 bits per heavy atom. The first-order valence-corrected chi connectivity index (χ1v) is 12.8. The number of rotatable bonds is 11. The van der Waals surface area contributed by atoms with Crippen molar-refractivity contribution < 1.29 is 19.4 Å². The van der Waals surface area contributed by atoms with Gasteiger partial charge in [-0.15, -0.1) is 6.58 Å². The van der Waals surface area contributed by atoms with E-state index in [0.29, 0.717) is 24.5 Å². The van der Waals surface area contributed by atoms with Crippen molar-refractivity contribution in [3.63, 3.8) is 0 Å². The topological polar surface area (TPSA) is 78.9 Å². The van der Waals surface area contributed by atoms with Gasteiger partial charge in [0.2, 0.25) is 0 Å². The minimum Gasteiger partial charge on any atom is -0.480 e. The summed E-state index contributed by atoms with van der Waals surface area (Å²) in [5.74, 6) is -1.000. The first-order chi connectivity index (χ1) is 15.2. The number of nitrogens with zero attached hydrogens (tertiary/aromatic N) is 1. The molecule has 184 valence electrons. The number of hydrogen-bond acceptors (Lipinski definition) is 4. The Labute approximate surface area is 195 Å². The van der Waals surface area contributed by atoms with Gasteiger partial charge in [0, 0.05) is 18.1 Å². The maximum Gasteiger partial charge on any atom is 0.408 e. The third-order valence-electron chi connectivity index (χ3n) is 6.90. The second kappa shape index (κ2) is 13.2. The lowest BCUT2D eigenvalue weighted by Crippen LogP contribution is -2.52. The Balaban J connectivity index is 2.12. The first kappa shape index (κ1) is 26.7. The molecule has 1 amide bonds. The zero-order chi connectivity index (χ0) is 23.6. The van der Waals surface area contributed by atoms with Crippen LogP contribution in [0.1, 0.15) is 111 Å². The van der Waals surface area contributed by atoms with Crippen molar-refractivity contribution in [2.75, 3.05) is 0 Å². The fourth-order valence-corrected chi connectivity index (χ4v) is 5.47. The lowest BCUT2D eigenvalue weighted by molar-refractivity contribution is -0.139. The van der Waals surface area contributed by atoms with Gasteiger partial charge in [0.25, 0.3) is 0 Å². The van der Waals surface area contributed by atoms with Gasteiger partial charge in [-0.05, 0) is 72.1 Å². The van der Waals surface area contributed by atoms with E-state index in [1.165, 1.54) is 64.2 Å². The van der Waals surface area contributed by atoms with E-state index >= 15 is 0 Å². The average Bonchev–Trinajstić information content (AvgIpc) is 2.74. The molecule has 0 radical (unpaired) electrons. The Kier molecular flexibility index (Phi) is 11.0. The average molecular weight is 451 g/mol. The maximum atomic E-state index is 12.2. The summed E-state index contributed by atoms with van der Waals surface area (Å²) in [4.78, 5) is 26.9. The second-order valence-corrected chi connectivity index (χ2v) is 10.7. The number of carboxylic acid groups (broad SMARTS) is 1. The number of carbonyl (C=O) groups is 2. The van der Waals surface area contributed by atoms with Crippen LogP contribution in [-0.4, -0.2) is 51.8 Å². The van der Waals surface area contributed by atoms with Crippen LogP contribution < -0.4 is 5.32 Å². The smallest absolute Gasteiger partial charge is 0.408 e. The number of alkyl carbamates (subject to hydrolysis) is 1. The molecule has 2 aliphatic rings. The third-order valence-corrected chi connectivity index (χ3v) is 6.90. The quantitative estimate of drug-likeness (QED) is 0.375. The van der Waals surface area contributed by atoms with Crippen molar-refractivity contribution in [1.82, 2.24) is 10.2 Å². The molecular formula is C26H46N2O4. The number of carbonyl (C=O) groups excluding carboxylic acids is 1. The monoisotopic (exact) mass is 450 g/mol. The SMILES string of the molecule is C=CCCC(CCC(NC(=O)OC(C)(C)C)C(=O)O)N(C1CCCCC1)C1CCCCC1. The molecule has 2 aliphatic carbocycles. The number of allylic oxidation sites excluding steroid dienone is 1. The highest BCUT2D eigenvalue weighted by atomic mass is 16.6. The lowest BCUT2D eigenvalue weighted by Gasteiger charge is -2.46. The highest BCUT2D eigenvalue weighted by molar-refractivity contribution is 5.79. The summed E-state index contributed by atoms with van der Waals surface area (Å²) in [5, 5.41) is 12.3. The van der Waals surface area contributed by atoms with Gasteiger partial charge < -0.3 is 15.2 Å². The Morgan fingerprint density at radius 2 is 1.53 bits per heavy atom. The van der Waals surface area contributed by atoms with Crippen molar-refractivity contribution in [1.29, 1.82) is 0 Å². The summed E-state index contributed by atoms with van der Waals surface area (Å²) in [6.07, 6.45) is 17.2. The maximum absolute atomic E-state index is 12.2. The van der Waals surface area contributed by atoms with Crippen LogP contribution >= 0.6 is 0 Å². The molecular weight excluding hydrogens is 404 g/mol. The Bertz CT molecular complexity index is 571. The summed E-state index contributed by atoms with van der Waals surface area (Å²) < 4.78 is 5.29. The van der Waals surface area contributed by atoms with E-state index in [1.807, 2.05) is 6.08 Å². The molecule has 0 aromatic heterocycles. The van der Waals surface area contributed by atoms with Crippen LogP contribution in [0.4, 0.5) is 4.79 Å². The molecule has 0 bridgehead atoms. The molecule has 0 saturated heterocycles. The van der Waals surface area contributed by atoms with E-state index in [0.717, 1.165) is 19.3 Å². The van der Waals surface area contributed by atoms with Crippen molar-refractivity contribution in [3.05, 3.63) is 12.7 Å². The molecule has 0 aliphatic heterocycles. The number of aliphatic carboxylic acids is 1. The fourth-order valence-electron chi connectivity index (χ4n) is 5.47. The minimum absolute atomic E-state index is 0.321. The van der Waals surface area contributed by atoms with E-state index in [9.17, 15) is 14.7 Å². The highest BCUT2D eigenvalue weighted by Gasteiger charge is 2.34. The Morgan fingerprint density at radius 1 is 1.00 bits per heavy atom. The van der Waals surface area contributed by atoms with Gasteiger partial charge in [-0.25, -0.2) is 9.59 Å². The summed E-state index contributed by atoms with van der Waals surface area (Å²) in [7, 11) is 0. The van der Waals surface area contributed by atoms with Crippen LogP contribution in [0.25, 0.3) is 0 Å².